The van der Waals surface area contributed by atoms with Crippen LogP contribution in [0, 0.1) is 19.7 Å². The largest absolute Gasteiger partial charge is 0.239 e. The van der Waals surface area contributed by atoms with Crippen molar-refractivity contribution in [2.24, 2.45) is 0 Å². The van der Waals surface area contributed by atoms with E-state index in [0.29, 0.717) is 4.47 Å². The molecule has 16 heavy (non-hydrogen) atoms. The average molecular weight is 281 g/mol. The first-order valence-electron chi connectivity index (χ1n) is 4.84. The van der Waals surface area contributed by atoms with Crippen molar-refractivity contribution in [3.63, 3.8) is 0 Å². The highest BCUT2D eigenvalue weighted by atomic mass is 79.9. The van der Waals surface area contributed by atoms with Gasteiger partial charge in [-0.1, -0.05) is 0 Å². The molecule has 0 N–H and O–H groups in total. The molecule has 1 heterocycles. The van der Waals surface area contributed by atoms with Crippen molar-refractivity contribution in [1.82, 2.24) is 9.97 Å². The molecule has 82 valence electrons. The summed E-state index contributed by atoms with van der Waals surface area (Å²) in [6.07, 6.45) is 0. The summed E-state index contributed by atoms with van der Waals surface area (Å²) in [7, 11) is 0. The van der Waals surface area contributed by atoms with E-state index in [0.717, 1.165) is 22.8 Å². The van der Waals surface area contributed by atoms with Crippen LogP contribution >= 0.6 is 15.9 Å². The Morgan fingerprint density at radius 2 is 1.88 bits per heavy atom. The molecule has 0 amide bonds. The van der Waals surface area contributed by atoms with E-state index in [1.807, 2.05) is 19.9 Å². The highest BCUT2D eigenvalue weighted by molar-refractivity contribution is 9.10. The lowest BCUT2D eigenvalue weighted by molar-refractivity contribution is 0.621. The minimum absolute atomic E-state index is 0.272. The van der Waals surface area contributed by atoms with Gasteiger partial charge in [-0.05, 0) is 54.0 Å². The van der Waals surface area contributed by atoms with Gasteiger partial charge in [0.25, 0.3) is 0 Å². The first-order chi connectivity index (χ1) is 7.56. The minimum Gasteiger partial charge on any atom is -0.239 e. The molecular formula is C12H10BrFN2. The first-order valence-corrected chi connectivity index (χ1v) is 5.63. The predicted octanol–water partition coefficient (Wildman–Crippen LogP) is 3.66. The summed E-state index contributed by atoms with van der Waals surface area (Å²) in [5.41, 5.74) is 2.59. The molecule has 0 fully saturated rings. The van der Waals surface area contributed by atoms with Crippen molar-refractivity contribution in [3.05, 3.63) is 46.1 Å². The Balaban J connectivity index is 2.54. The van der Waals surface area contributed by atoms with Gasteiger partial charge in [-0.15, -0.1) is 0 Å². The van der Waals surface area contributed by atoms with Crippen LogP contribution in [0.3, 0.4) is 0 Å². The maximum absolute atomic E-state index is 13.1. The summed E-state index contributed by atoms with van der Waals surface area (Å²) >= 11 is 3.16. The van der Waals surface area contributed by atoms with E-state index in [1.165, 1.54) is 6.07 Å². The van der Waals surface area contributed by atoms with Crippen molar-refractivity contribution in [2.45, 2.75) is 13.8 Å². The van der Waals surface area contributed by atoms with Gasteiger partial charge in [0.2, 0.25) is 0 Å². The third-order valence-electron chi connectivity index (χ3n) is 2.18. The topological polar surface area (TPSA) is 25.8 Å². The molecule has 0 atom stereocenters. The van der Waals surface area contributed by atoms with Crippen LogP contribution < -0.4 is 0 Å². The molecule has 4 heteroatoms. The summed E-state index contributed by atoms with van der Waals surface area (Å²) in [4.78, 5) is 8.52. The van der Waals surface area contributed by atoms with E-state index in [-0.39, 0.29) is 5.82 Å². The van der Waals surface area contributed by atoms with Crippen LogP contribution in [0.1, 0.15) is 11.5 Å². The van der Waals surface area contributed by atoms with Crippen LogP contribution in [0.15, 0.2) is 28.7 Å². The van der Waals surface area contributed by atoms with Crippen LogP contribution in [-0.2, 0) is 0 Å². The third kappa shape index (κ3) is 2.27. The van der Waals surface area contributed by atoms with E-state index >= 15 is 0 Å². The smallest absolute Gasteiger partial charge is 0.137 e. The maximum Gasteiger partial charge on any atom is 0.137 e. The summed E-state index contributed by atoms with van der Waals surface area (Å²) in [6.45, 7) is 3.76. The molecule has 0 aliphatic heterocycles. The number of aryl methyl sites for hydroxylation is 2. The fourth-order valence-electron chi connectivity index (χ4n) is 1.52. The number of rotatable bonds is 1. The average Bonchev–Trinajstić information content (AvgIpc) is 2.20. The molecule has 0 bridgehead atoms. The molecule has 0 aliphatic carbocycles. The van der Waals surface area contributed by atoms with E-state index < -0.39 is 0 Å². The van der Waals surface area contributed by atoms with Crippen LogP contribution in [0.2, 0.25) is 0 Å². The molecule has 0 aliphatic rings. The Bertz CT molecular complexity index is 520. The number of hydrogen-bond donors (Lipinski definition) is 0. The van der Waals surface area contributed by atoms with Crippen molar-refractivity contribution in [1.29, 1.82) is 0 Å². The summed E-state index contributed by atoms with van der Waals surface area (Å²) in [6, 6.07) is 6.73. The number of benzene rings is 1. The molecule has 0 unspecified atom stereocenters. The lowest BCUT2D eigenvalue weighted by atomic mass is 10.1. The molecular weight excluding hydrogens is 271 g/mol. The minimum atomic E-state index is -0.272. The van der Waals surface area contributed by atoms with Gasteiger partial charge in [0.1, 0.15) is 11.6 Å². The van der Waals surface area contributed by atoms with E-state index in [4.69, 9.17) is 0 Å². The second-order valence-electron chi connectivity index (χ2n) is 3.57. The molecule has 0 saturated carbocycles. The van der Waals surface area contributed by atoms with E-state index in [9.17, 15) is 4.39 Å². The Kier molecular flexibility index (Phi) is 3.01. The van der Waals surface area contributed by atoms with Crippen LogP contribution in [0.5, 0.6) is 0 Å². The molecule has 2 nitrogen and oxygen atoms in total. The SMILES string of the molecule is Cc1cc(-c2ccc(F)c(Br)c2)nc(C)n1. The Labute approximate surface area is 102 Å². The lowest BCUT2D eigenvalue weighted by Gasteiger charge is -2.04. The predicted molar refractivity (Wildman–Crippen MR) is 64.6 cm³/mol. The third-order valence-corrected chi connectivity index (χ3v) is 2.79. The van der Waals surface area contributed by atoms with Crippen molar-refractivity contribution in [3.8, 4) is 11.3 Å². The highest BCUT2D eigenvalue weighted by Crippen LogP contribution is 2.24. The first kappa shape index (κ1) is 11.2. The molecule has 2 rings (SSSR count). The second kappa shape index (κ2) is 4.29. The number of hydrogen-bond acceptors (Lipinski definition) is 2. The van der Waals surface area contributed by atoms with Crippen molar-refractivity contribution >= 4 is 15.9 Å². The highest BCUT2D eigenvalue weighted by Gasteiger charge is 2.05. The quantitative estimate of drug-likeness (QED) is 0.797. The molecule has 1 aromatic carbocycles. The second-order valence-corrected chi connectivity index (χ2v) is 4.43. The van der Waals surface area contributed by atoms with E-state index in [2.05, 4.69) is 25.9 Å². The summed E-state index contributed by atoms with van der Waals surface area (Å²) < 4.78 is 13.5. The molecule has 2 aromatic rings. The van der Waals surface area contributed by atoms with Crippen LogP contribution in [-0.4, -0.2) is 9.97 Å². The Morgan fingerprint density at radius 1 is 1.12 bits per heavy atom. The van der Waals surface area contributed by atoms with Gasteiger partial charge in [0.15, 0.2) is 0 Å². The van der Waals surface area contributed by atoms with Gasteiger partial charge in [0, 0.05) is 11.3 Å². The molecule has 0 radical (unpaired) electrons. The van der Waals surface area contributed by atoms with Gasteiger partial charge in [-0.25, -0.2) is 14.4 Å². The van der Waals surface area contributed by atoms with Gasteiger partial charge < -0.3 is 0 Å². The fourth-order valence-corrected chi connectivity index (χ4v) is 1.90. The number of aromatic nitrogens is 2. The lowest BCUT2D eigenvalue weighted by Crippen LogP contribution is -1.94. The summed E-state index contributed by atoms with van der Waals surface area (Å²) in [5, 5.41) is 0. The zero-order valence-electron chi connectivity index (χ0n) is 8.96. The normalized spacial score (nSPS) is 10.5. The zero-order chi connectivity index (χ0) is 11.7. The molecule has 0 spiro atoms. The van der Waals surface area contributed by atoms with Crippen LogP contribution in [0.25, 0.3) is 11.3 Å². The van der Waals surface area contributed by atoms with Crippen molar-refractivity contribution < 1.29 is 4.39 Å². The standard InChI is InChI=1S/C12H10BrFN2/c1-7-5-12(16-8(2)15-7)9-3-4-11(14)10(13)6-9/h3-6H,1-2H3. The Hall–Kier alpha value is -1.29. The van der Waals surface area contributed by atoms with Gasteiger partial charge in [-0.3, -0.25) is 0 Å². The Morgan fingerprint density at radius 3 is 2.50 bits per heavy atom. The summed E-state index contributed by atoms with van der Waals surface area (Å²) in [5.74, 6) is 0.446. The van der Waals surface area contributed by atoms with Gasteiger partial charge in [0.05, 0.1) is 10.2 Å². The van der Waals surface area contributed by atoms with Crippen LogP contribution in [0.4, 0.5) is 4.39 Å². The zero-order valence-corrected chi connectivity index (χ0v) is 10.5. The van der Waals surface area contributed by atoms with Gasteiger partial charge in [-0.2, -0.15) is 0 Å². The number of nitrogens with zero attached hydrogens (tertiary/aromatic N) is 2. The fraction of sp³-hybridized carbons (Fsp3) is 0.167. The van der Waals surface area contributed by atoms with Gasteiger partial charge >= 0.3 is 0 Å². The molecule has 1 aromatic heterocycles. The molecule has 0 saturated heterocycles. The monoisotopic (exact) mass is 280 g/mol. The van der Waals surface area contributed by atoms with Crippen molar-refractivity contribution in [2.75, 3.05) is 0 Å². The number of halogens is 2. The van der Waals surface area contributed by atoms with E-state index in [1.54, 1.807) is 12.1 Å². The maximum atomic E-state index is 13.1.